The average Bonchev–Trinajstić information content (AvgIpc) is 3.32. The van der Waals surface area contributed by atoms with E-state index in [0.29, 0.717) is 11.5 Å². The highest BCUT2D eigenvalue weighted by molar-refractivity contribution is 7.99. The molecule has 1 saturated heterocycles. The summed E-state index contributed by atoms with van der Waals surface area (Å²) in [6.07, 6.45) is -4.43. The van der Waals surface area contributed by atoms with Gasteiger partial charge >= 0.3 is 12.1 Å². The Bertz CT molecular complexity index is 1050. The Morgan fingerprint density at radius 3 is 2.79 bits per heavy atom. The molecule has 0 amide bonds. The number of aromatic nitrogens is 1. The molecule has 10 heteroatoms. The van der Waals surface area contributed by atoms with Gasteiger partial charge in [0.05, 0.1) is 15.8 Å². The van der Waals surface area contributed by atoms with Crippen LogP contribution in [0.1, 0.15) is 21.5 Å². The van der Waals surface area contributed by atoms with Crippen LogP contribution in [0.25, 0.3) is 10.2 Å². The van der Waals surface area contributed by atoms with E-state index >= 15 is 0 Å². The SMILES string of the molecule is O=C(O)[C@H]1CSC(c2nc3ccc(OCc4ccccc4C(F)(F)F)cc3s2)N1. The minimum absolute atomic E-state index is 0.0661. The van der Waals surface area contributed by atoms with E-state index in [4.69, 9.17) is 9.84 Å². The van der Waals surface area contributed by atoms with E-state index in [1.165, 1.54) is 35.2 Å². The Labute approximate surface area is 171 Å². The molecule has 2 atom stereocenters. The van der Waals surface area contributed by atoms with Gasteiger partial charge < -0.3 is 9.84 Å². The van der Waals surface area contributed by atoms with Gasteiger partial charge in [-0.1, -0.05) is 18.2 Å². The number of fused-ring (bicyclic) bond motifs is 1. The number of thiazole rings is 1. The number of hydrogen-bond donors (Lipinski definition) is 2. The molecule has 0 radical (unpaired) electrons. The van der Waals surface area contributed by atoms with Gasteiger partial charge in [-0.25, -0.2) is 4.98 Å². The highest BCUT2D eigenvalue weighted by atomic mass is 32.2. The number of alkyl halides is 3. The molecule has 4 rings (SSSR count). The molecule has 2 heterocycles. The van der Waals surface area contributed by atoms with Crippen LogP contribution in [0.15, 0.2) is 42.5 Å². The Kier molecular flexibility index (Phi) is 5.41. The molecule has 0 aliphatic carbocycles. The number of carboxylic acid groups (broad SMARTS) is 1. The van der Waals surface area contributed by atoms with Crippen molar-refractivity contribution in [3.05, 3.63) is 58.6 Å². The third-order valence-corrected chi connectivity index (χ3v) is 6.85. The van der Waals surface area contributed by atoms with Gasteiger partial charge in [0.2, 0.25) is 0 Å². The van der Waals surface area contributed by atoms with Crippen LogP contribution in [0.4, 0.5) is 13.2 Å². The average molecular weight is 440 g/mol. The minimum Gasteiger partial charge on any atom is -0.489 e. The number of rotatable bonds is 5. The van der Waals surface area contributed by atoms with Gasteiger partial charge in [-0.2, -0.15) is 13.2 Å². The highest BCUT2D eigenvalue weighted by Gasteiger charge is 2.33. The van der Waals surface area contributed by atoms with Gasteiger partial charge in [-0.05, 0) is 24.3 Å². The van der Waals surface area contributed by atoms with Crippen LogP contribution in [-0.2, 0) is 17.6 Å². The summed E-state index contributed by atoms with van der Waals surface area (Å²) >= 11 is 2.89. The second-order valence-corrected chi connectivity index (χ2v) is 8.60. The molecule has 152 valence electrons. The second-order valence-electron chi connectivity index (χ2n) is 6.40. The summed E-state index contributed by atoms with van der Waals surface area (Å²) in [6, 6.07) is 9.86. The third-order valence-electron chi connectivity index (χ3n) is 4.40. The fourth-order valence-electron chi connectivity index (χ4n) is 2.97. The maximum atomic E-state index is 13.1. The zero-order valence-corrected chi connectivity index (χ0v) is 16.4. The van der Waals surface area contributed by atoms with Crippen molar-refractivity contribution in [1.82, 2.24) is 10.3 Å². The van der Waals surface area contributed by atoms with Crippen LogP contribution >= 0.6 is 23.1 Å². The molecule has 1 aromatic heterocycles. The summed E-state index contributed by atoms with van der Waals surface area (Å²) in [5.74, 6) is 0.0131. The van der Waals surface area contributed by atoms with E-state index in [0.717, 1.165) is 21.3 Å². The molecule has 0 spiro atoms. The number of benzene rings is 2. The van der Waals surface area contributed by atoms with Crippen molar-refractivity contribution in [2.45, 2.75) is 24.2 Å². The number of carboxylic acids is 1. The van der Waals surface area contributed by atoms with Gasteiger partial charge in [-0.15, -0.1) is 23.1 Å². The van der Waals surface area contributed by atoms with Crippen LogP contribution in [0.5, 0.6) is 5.75 Å². The number of nitrogens with zero attached hydrogens (tertiary/aromatic N) is 1. The first kappa shape index (κ1) is 20.0. The molecule has 0 bridgehead atoms. The van der Waals surface area contributed by atoms with E-state index in [1.54, 1.807) is 24.3 Å². The molecule has 1 aliphatic rings. The first-order chi connectivity index (χ1) is 13.8. The molecule has 5 nitrogen and oxygen atoms in total. The smallest absolute Gasteiger partial charge is 0.416 e. The van der Waals surface area contributed by atoms with Gasteiger partial charge in [0.25, 0.3) is 0 Å². The summed E-state index contributed by atoms with van der Waals surface area (Å²) in [5, 5.41) is 12.7. The zero-order valence-electron chi connectivity index (χ0n) is 14.8. The van der Waals surface area contributed by atoms with Crippen molar-refractivity contribution in [2.24, 2.45) is 0 Å². The number of halogens is 3. The summed E-state index contributed by atoms with van der Waals surface area (Å²) < 4.78 is 45.7. The van der Waals surface area contributed by atoms with Gasteiger partial charge in [0.15, 0.2) is 0 Å². The number of ether oxygens (including phenoxy) is 1. The largest absolute Gasteiger partial charge is 0.489 e. The highest BCUT2D eigenvalue weighted by Crippen LogP contribution is 2.38. The quantitative estimate of drug-likeness (QED) is 0.600. The molecule has 0 saturated carbocycles. The van der Waals surface area contributed by atoms with Gasteiger partial charge in [-0.3, -0.25) is 10.1 Å². The summed E-state index contributed by atoms with van der Waals surface area (Å²) in [5.41, 5.74) is 0.0871. The number of hydrogen-bond acceptors (Lipinski definition) is 6. The van der Waals surface area contributed by atoms with Crippen molar-refractivity contribution in [3.8, 4) is 5.75 Å². The molecule has 1 unspecified atom stereocenters. The molecule has 1 aliphatic heterocycles. The maximum absolute atomic E-state index is 13.1. The van der Waals surface area contributed by atoms with E-state index in [2.05, 4.69) is 10.3 Å². The van der Waals surface area contributed by atoms with Crippen molar-refractivity contribution in [1.29, 1.82) is 0 Å². The molecular formula is C19H15F3N2O3S2. The fraction of sp³-hybridized carbons (Fsp3) is 0.263. The van der Waals surface area contributed by atoms with E-state index in [-0.39, 0.29) is 17.5 Å². The zero-order chi connectivity index (χ0) is 20.6. The predicted molar refractivity (Wildman–Crippen MR) is 105 cm³/mol. The predicted octanol–water partition coefficient (Wildman–Crippen LogP) is 4.68. The molecule has 2 aromatic carbocycles. The Hall–Kier alpha value is -2.30. The minimum atomic E-state index is -4.43. The molecule has 29 heavy (non-hydrogen) atoms. The van der Waals surface area contributed by atoms with Crippen LogP contribution in [0.3, 0.4) is 0 Å². The van der Waals surface area contributed by atoms with Gasteiger partial charge in [0.1, 0.15) is 28.8 Å². The molecular weight excluding hydrogens is 425 g/mol. The number of aliphatic carboxylic acids is 1. The Balaban J connectivity index is 1.50. The number of thioether (sulfide) groups is 1. The maximum Gasteiger partial charge on any atom is 0.416 e. The number of carbonyl (C=O) groups is 1. The lowest BCUT2D eigenvalue weighted by molar-refractivity contribution is -0.139. The lowest BCUT2D eigenvalue weighted by Gasteiger charge is -2.13. The second kappa shape index (κ2) is 7.85. The van der Waals surface area contributed by atoms with Crippen LogP contribution in [0, 0.1) is 0 Å². The van der Waals surface area contributed by atoms with Crippen molar-refractivity contribution >= 4 is 39.3 Å². The van der Waals surface area contributed by atoms with Crippen molar-refractivity contribution in [2.75, 3.05) is 5.75 Å². The summed E-state index contributed by atoms with van der Waals surface area (Å²) in [6.45, 7) is -0.201. The Morgan fingerprint density at radius 2 is 2.07 bits per heavy atom. The van der Waals surface area contributed by atoms with Crippen molar-refractivity contribution < 1.29 is 27.8 Å². The first-order valence-corrected chi connectivity index (χ1v) is 10.5. The topological polar surface area (TPSA) is 71.5 Å². The Morgan fingerprint density at radius 1 is 1.28 bits per heavy atom. The van der Waals surface area contributed by atoms with Crippen molar-refractivity contribution in [3.63, 3.8) is 0 Å². The molecule has 1 fully saturated rings. The van der Waals surface area contributed by atoms with Crippen LogP contribution in [-0.4, -0.2) is 27.9 Å². The summed E-state index contributed by atoms with van der Waals surface area (Å²) in [7, 11) is 0. The lowest BCUT2D eigenvalue weighted by Crippen LogP contribution is -2.33. The van der Waals surface area contributed by atoms with E-state index < -0.39 is 23.8 Å². The molecule has 2 N–H and O–H groups in total. The van der Waals surface area contributed by atoms with E-state index in [1.807, 2.05) is 0 Å². The normalized spacial score (nSPS) is 19.6. The lowest BCUT2D eigenvalue weighted by atomic mass is 10.1. The number of nitrogens with one attached hydrogen (secondary N) is 1. The fourth-order valence-corrected chi connectivity index (χ4v) is 5.33. The standard InChI is InChI=1S/C19H15F3N2O3S2/c20-19(21,22)12-4-2-1-3-10(12)8-27-11-5-6-13-15(7-11)29-17(23-13)16-24-14(9-28-16)18(25)26/h1-7,14,16,24H,8-9H2,(H,25,26)/t14-,16?/m1/s1. The first-order valence-electron chi connectivity index (χ1n) is 8.60. The third kappa shape index (κ3) is 4.34. The van der Waals surface area contributed by atoms with E-state index in [9.17, 15) is 18.0 Å². The van der Waals surface area contributed by atoms with Crippen LogP contribution < -0.4 is 10.1 Å². The van der Waals surface area contributed by atoms with Gasteiger partial charge in [0, 0.05) is 11.3 Å². The monoisotopic (exact) mass is 440 g/mol. The summed E-state index contributed by atoms with van der Waals surface area (Å²) in [4.78, 5) is 15.6. The van der Waals surface area contributed by atoms with Crippen LogP contribution in [0.2, 0.25) is 0 Å². The molecule has 3 aromatic rings.